The van der Waals surface area contributed by atoms with Gasteiger partial charge in [-0.05, 0) is 0 Å². The van der Waals surface area contributed by atoms with Crippen LogP contribution in [0.15, 0.2) is 0 Å². The zero-order valence-electron chi connectivity index (χ0n) is 1.97. The minimum absolute atomic E-state index is 0. The largest absolute Gasteiger partial charge is 3.00 e. The van der Waals surface area contributed by atoms with Gasteiger partial charge in [0.25, 0.3) is 0 Å². The molecule has 0 heterocycles. The van der Waals surface area contributed by atoms with Crippen molar-refractivity contribution in [3.8, 4) is 0 Å². The summed E-state index contributed by atoms with van der Waals surface area (Å²) < 4.78 is 0. The molecule has 16 valence electrons. The van der Waals surface area contributed by atoms with E-state index in [1.807, 2.05) is 0 Å². The fourth-order valence-corrected chi connectivity index (χ4v) is 0. The van der Waals surface area contributed by atoms with E-state index in [1.54, 1.807) is 0 Å². The van der Waals surface area contributed by atoms with Gasteiger partial charge in [-0.15, -0.1) is 0 Å². The summed E-state index contributed by atoms with van der Waals surface area (Å²) in [6.45, 7) is 0. The summed E-state index contributed by atoms with van der Waals surface area (Å²) in [5.41, 5.74) is 0. The summed E-state index contributed by atoms with van der Waals surface area (Å²) in [5.74, 6) is 0. The minimum atomic E-state index is 0. The fraction of sp³-hybridized carbons (Fsp3) is 0. The van der Waals surface area contributed by atoms with E-state index in [2.05, 4.69) is 0 Å². The van der Waals surface area contributed by atoms with Crippen LogP contribution in [0, 0.1) is 0 Å². The first-order valence-electron chi connectivity index (χ1n) is 0. The Balaban J connectivity index is 0. The van der Waals surface area contributed by atoms with Gasteiger partial charge in [0, 0.05) is 0 Å². The van der Waals surface area contributed by atoms with Crippen LogP contribution in [0.4, 0.5) is 0 Å². The zero-order valence-corrected chi connectivity index (χ0v) is 6.42. The van der Waals surface area contributed by atoms with Crippen LogP contribution in [0.2, 0.25) is 0 Å². The Bertz CT molecular complexity index is 6.00. The van der Waals surface area contributed by atoms with Gasteiger partial charge in [-0.2, -0.15) is 0 Å². The van der Waals surface area contributed by atoms with Crippen molar-refractivity contribution < 1.29 is 11.0 Å². The molecule has 0 unspecified atom stereocenters. The molecule has 0 aliphatic carbocycles. The second-order valence-corrected chi connectivity index (χ2v) is 0. The maximum Gasteiger partial charge on any atom is 3.00 e. The van der Waals surface area contributed by atoms with Gasteiger partial charge in [0.05, 0.1) is 0 Å². The maximum atomic E-state index is 0. The van der Waals surface area contributed by atoms with Gasteiger partial charge in [0.15, 0.2) is 0 Å². The summed E-state index contributed by atoms with van der Waals surface area (Å²) in [7, 11) is 0. The molecule has 0 aliphatic heterocycles. The van der Waals surface area contributed by atoms with E-state index >= 15 is 0 Å². The molecule has 0 spiro atoms. The molecule has 2 nitrogen and oxygen atoms in total. The van der Waals surface area contributed by atoms with Crippen LogP contribution in [0.25, 0.3) is 0 Å². The quantitative estimate of drug-likeness (QED) is 0.423. The first-order chi connectivity index (χ1) is 0. The molecule has 0 radical (unpaired) electrons. The second kappa shape index (κ2) is 27.3. The molecule has 0 fully saturated rings. The molecule has 0 aromatic carbocycles. The predicted octanol–water partition coefficient (Wildman–Crippen LogP) is -0.999. The third-order valence-electron chi connectivity index (χ3n) is 0. The monoisotopic (exact) mass is 174 g/mol. The van der Waals surface area contributed by atoms with E-state index in [0.29, 0.717) is 0 Å². The van der Waals surface area contributed by atoms with Crippen molar-refractivity contribution in [2.75, 3.05) is 0 Å². The van der Waals surface area contributed by atoms with E-state index in [0.717, 1.165) is 0 Å². The first kappa shape index (κ1) is 56.9. The minimum Gasteiger partial charge on any atom is -2.00 e. The van der Waals surface area contributed by atoms with Crippen molar-refractivity contribution >= 4 is 43.2 Å². The summed E-state index contributed by atoms with van der Waals surface area (Å²) in [5, 5.41) is 0. The van der Waals surface area contributed by atoms with Crippen LogP contribution >= 0.6 is 0 Å². The topological polar surface area (TPSA) is 57.0 Å². The molecule has 4 heavy (non-hydrogen) atoms. The fourth-order valence-electron chi connectivity index (χ4n) is 0. The molecule has 0 saturated heterocycles. The average Bonchev–Trinajstić information content (AvgIpc) is 0. The molecular formula is AlInO2+2. The molecule has 4 heteroatoms. The van der Waals surface area contributed by atoms with E-state index in [9.17, 15) is 0 Å². The smallest absolute Gasteiger partial charge is 2.00 e. The Hall–Kier alpha value is 1.32. The summed E-state index contributed by atoms with van der Waals surface area (Å²) in [6, 6.07) is 0. The Morgan fingerprint density at radius 3 is 0.750 bits per heavy atom. The standard InChI is InChI=1S/Al.In.2O/q2*+3;2*-2. The molecule has 0 amide bonds. The van der Waals surface area contributed by atoms with E-state index in [1.165, 1.54) is 0 Å². The van der Waals surface area contributed by atoms with Crippen molar-refractivity contribution in [2.24, 2.45) is 0 Å². The van der Waals surface area contributed by atoms with Gasteiger partial charge in [-0.1, -0.05) is 0 Å². The van der Waals surface area contributed by atoms with Crippen LogP contribution < -0.4 is 0 Å². The number of hydrogen-bond acceptors (Lipinski definition) is 0. The molecule has 0 rings (SSSR count). The van der Waals surface area contributed by atoms with Crippen molar-refractivity contribution in [2.45, 2.75) is 0 Å². The van der Waals surface area contributed by atoms with Gasteiger partial charge < -0.3 is 11.0 Å². The van der Waals surface area contributed by atoms with Crippen LogP contribution in [0.1, 0.15) is 0 Å². The van der Waals surface area contributed by atoms with E-state index < -0.39 is 0 Å². The Morgan fingerprint density at radius 1 is 0.750 bits per heavy atom. The normalized spacial score (nSPS) is 0. The summed E-state index contributed by atoms with van der Waals surface area (Å²) >= 11 is 0. The third kappa shape index (κ3) is 10.2. The SMILES string of the molecule is [Al+3].[In+3].[O-2].[O-2]. The summed E-state index contributed by atoms with van der Waals surface area (Å²) in [4.78, 5) is 0. The molecule has 0 N–H and O–H groups in total. The van der Waals surface area contributed by atoms with Gasteiger partial charge in [-0.25, -0.2) is 0 Å². The first-order valence-corrected chi connectivity index (χ1v) is 0. The zero-order chi connectivity index (χ0) is 0. The maximum absolute atomic E-state index is 0. The van der Waals surface area contributed by atoms with E-state index in [4.69, 9.17) is 0 Å². The molecule has 0 saturated carbocycles. The molecule has 0 atom stereocenters. The van der Waals surface area contributed by atoms with Crippen molar-refractivity contribution in [3.05, 3.63) is 0 Å². The van der Waals surface area contributed by atoms with Crippen LogP contribution in [0.3, 0.4) is 0 Å². The molecule has 0 aliphatic rings. The van der Waals surface area contributed by atoms with Gasteiger partial charge in [0.2, 0.25) is 0 Å². The van der Waals surface area contributed by atoms with Gasteiger partial charge >= 0.3 is 43.2 Å². The number of rotatable bonds is 0. The number of hydrogen-bond donors (Lipinski definition) is 0. The van der Waals surface area contributed by atoms with E-state index in [-0.39, 0.29) is 54.2 Å². The molecular weight excluding hydrogens is 174 g/mol. The van der Waals surface area contributed by atoms with Gasteiger partial charge in [0.1, 0.15) is 0 Å². The molecule has 0 aromatic rings. The van der Waals surface area contributed by atoms with Crippen LogP contribution in [0.5, 0.6) is 0 Å². The van der Waals surface area contributed by atoms with Crippen LogP contribution in [-0.4, -0.2) is 43.2 Å². The second-order valence-electron chi connectivity index (χ2n) is 0. The molecule has 0 aromatic heterocycles. The predicted molar refractivity (Wildman–Crippen MR) is 12.9 cm³/mol. The third-order valence-corrected chi connectivity index (χ3v) is 0. The Kier molecular flexibility index (Phi) is 388. The van der Waals surface area contributed by atoms with Crippen molar-refractivity contribution in [1.82, 2.24) is 0 Å². The Morgan fingerprint density at radius 2 is 0.750 bits per heavy atom. The summed E-state index contributed by atoms with van der Waals surface area (Å²) in [6.07, 6.45) is 0. The van der Waals surface area contributed by atoms with Crippen molar-refractivity contribution in [3.63, 3.8) is 0 Å². The van der Waals surface area contributed by atoms with Gasteiger partial charge in [-0.3, -0.25) is 0 Å². The molecule has 0 bridgehead atoms. The van der Waals surface area contributed by atoms with Crippen LogP contribution in [-0.2, 0) is 11.0 Å². The average molecular weight is 174 g/mol. The van der Waals surface area contributed by atoms with Crippen molar-refractivity contribution in [1.29, 1.82) is 0 Å². The Labute approximate surface area is 54.1 Å².